The molecule has 8 heteroatoms. The molecule has 0 spiro atoms. The van der Waals surface area contributed by atoms with Crippen LogP contribution in [0.25, 0.3) is 0 Å². The van der Waals surface area contributed by atoms with Gasteiger partial charge < -0.3 is 0 Å². The summed E-state index contributed by atoms with van der Waals surface area (Å²) in [5, 5.41) is 5.04. The van der Waals surface area contributed by atoms with E-state index >= 15 is 0 Å². The van der Waals surface area contributed by atoms with Gasteiger partial charge in [-0.1, -0.05) is 29.6 Å². The predicted molar refractivity (Wildman–Crippen MR) is 95.6 cm³/mol. The highest BCUT2D eigenvalue weighted by Gasteiger charge is 2.17. The minimum absolute atomic E-state index is 0.0337. The number of nitrogens with one attached hydrogen (secondary N) is 1. The molecule has 0 radical (unpaired) electrons. The Morgan fingerprint density at radius 2 is 2.00 bits per heavy atom. The van der Waals surface area contributed by atoms with Gasteiger partial charge in [-0.05, 0) is 38.1 Å². The molecule has 1 aliphatic rings. The number of hydrogen-bond donors (Lipinski definition) is 1. The quantitative estimate of drug-likeness (QED) is 0.764. The lowest BCUT2D eigenvalue weighted by molar-refractivity contribution is 0.102. The lowest BCUT2D eigenvalue weighted by Crippen LogP contribution is -2.29. The van der Waals surface area contributed by atoms with Crippen molar-refractivity contribution < 1.29 is 9.18 Å². The van der Waals surface area contributed by atoms with Gasteiger partial charge in [-0.2, -0.15) is 0 Å². The zero-order valence-corrected chi connectivity index (χ0v) is 15.1. The number of halogens is 3. The number of amides is 1. The number of anilines is 1. The Balaban J connectivity index is 1.66. The fourth-order valence-electron chi connectivity index (χ4n) is 2.64. The fraction of sp³-hybridized carbons (Fsp3) is 0.375. The Morgan fingerprint density at radius 1 is 1.25 bits per heavy atom. The standard InChI is InChI=1S/C16H16Cl2FN3OS/c17-12-7-13(18)14(19)6-11(12)15(23)21-16-20-10(9-24-16)8-22-4-2-1-3-5-22/h6-7,9H,1-5,8H2,(H,20,21,23). The maximum Gasteiger partial charge on any atom is 0.259 e. The summed E-state index contributed by atoms with van der Waals surface area (Å²) in [6, 6.07) is 2.25. The molecule has 0 unspecified atom stereocenters. The van der Waals surface area contributed by atoms with Gasteiger partial charge in [0.1, 0.15) is 5.82 Å². The van der Waals surface area contributed by atoms with Gasteiger partial charge in [-0.15, -0.1) is 11.3 Å². The predicted octanol–water partition coefficient (Wildman–Crippen LogP) is 4.83. The minimum atomic E-state index is -0.684. The molecule has 1 N–H and O–H groups in total. The maximum absolute atomic E-state index is 13.5. The molecule has 1 aromatic heterocycles. The van der Waals surface area contributed by atoms with E-state index in [1.807, 2.05) is 5.38 Å². The van der Waals surface area contributed by atoms with Gasteiger partial charge in [0.15, 0.2) is 5.13 Å². The highest BCUT2D eigenvalue weighted by Crippen LogP contribution is 2.26. The highest BCUT2D eigenvalue weighted by atomic mass is 35.5. The Labute approximate surface area is 153 Å². The number of carbonyl (C=O) groups excluding carboxylic acids is 1. The number of hydrogen-bond acceptors (Lipinski definition) is 4. The van der Waals surface area contributed by atoms with Crippen LogP contribution in [0.15, 0.2) is 17.5 Å². The first-order valence-corrected chi connectivity index (χ1v) is 9.29. The van der Waals surface area contributed by atoms with Gasteiger partial charge in [0.25, 0.3) is 5.91 Å². The molecule has 128 valence electrons. The fourth-order valence-corrected chi connectivity index (χ4v) is 3.81. The molecule has 0 bridgehead atoms. The average Bonchev–Trinajstić information content (AvgIpc) is 2.98. The normalized spacial score (nSPS) is 15.5. The summed E-state index contributed by atoms with van der Waals surface area (Å²) in [7, 11) is 0. The largest absolute Gasteiger partial charge is 0.298 e. The SMILES string of the molecule is O=C(Nc1nc(CN2CCCCC2)cs1)c1cc(F)c(Cl)cc1Cl. The van der Waals surface area contributed by atoms with E-state index in [1.165, 1.54) is 36.7 Å². The number of thiazole rings is 1. The number of carbonyl (C=O) groups is 1. The van der Waals surface area contributed by atoms with E-state index in [4.69, 9.17) is 23.2 Å². The van der Waals surface area contributed by atoms with Crippen LogP contribution >= 0.6 is 34.5 Å². The summed E-state index contributed by atoms with van der Waals surface area (Å²) in [5.74, 6) is -1.19. The number of rotatable bonds is 4. The Morgan fingerprint density at radius 3 is 2.75 bits per heavy atom. The van der Waals surface area contributed by atoms with Crippen LogP contribution in [-0.2, 0) is 6.54 Å². The van der Waals surface area contributed by atoms with Crippen molar-refractivity contribution in [1.29, 1.82) is 0 Å². The van der Waals surface area contributed by atoms with E-state index in [1.54, 1.807) is 0 Å². The molecule has 3 rings (SSSR count). The van der Waals surface area contributed by atoms with E-state index < -0.39 is 11.7 Å². The lowest BCUT2D eigenvalue weighted by atomic mass is 10.1. The zero-order chi connectivity index (χ0) is 17.1. The van der Waals surface area contributed by atoms with Crippen LogP contribution in [0.4, 0.5) is 9.52 Å². The maximum atomic E-state index is 13.5. The Hall–Kier alpha value is -1.21. The van der Waals surface area contributed by atoms with Crippen molar-refractivity contribution >= 4 is 45.6 Å². The third-order valence-corrected chi connectivity index (χ3v) is 5.27. The molecule has 24 heavy (non-hydrogen) atoms. The average molecular weight is 388 g/mol. The van der Waals surface area contributed by atoms with E-state index in [9.17, 15) is 9.18 Å². The number of nitrogens with zero attached hydrogens (tertiary/aromatic N) is 2. The number of piperidine rings is 1. The minimum Gasteiger partial charge on any atom is -0.298 e. The van der Waals surface area contributed by atoms with E-state index in [0.717, 1.165) is 31.4 Å². The molecule has 1 saturated heterocycles. The van der Waals surface area contributed by atoms with Gasteiger partial charge in [0.2, 0.25) is 0 Å². The molecule has 1 aromatic carbocycles. The summed E-state index contributed by atoms with van der Waals surface area (Å²) in [6.07, 6.45) is 3.72. The first-order chi connectivity index (χ1) is 11.5. The van der Waals surface area contributed by atoms with Crippen molar-refractivity contribution in [2.45, 2.75) is 25.8 Å². The van der Waals surface area contributed by atoms with Crippen molar-refractivity contribution in [2.24, 2.45) is 0 Å². The molecule has 1 fully saturated rings. The first-order valence-electron chi connectivity index (χ1n) is 7.65. The zero-order valence-electron chi connectivity index (χ0n) is 12.8. The molecular formula is C16H16Cl2FN3OS. The summed E-state index contributed by atoms with van der Waals surface area (Å²) >= 11 is 12.9. The number of benzene rings is 1. The van der Waals surface area contributed by atoms with Crippen LogP contribution in [-0.4, -0.2) is 28.9 Å². The highest BCUT2D eigenvalue weighted by molar-refractivity contribution is 7.14. The molecule has 4 nitrogen and oxygen atoms in total. The second-order valence-electron chi connectivity index (χ2n) is 5.68. The van der Waals surface area contributed by atoms with Crippen LogP contribution in [0.1, 0.15) is 35.3 Å². The molecule has 1 aliphatic heterocycles. The summed E-state index contributed by atoms with van der Waals surface area (Å²) in [4.78, 5) is 19.0. The first kappa shape index (κ1) is 17.6. The van der Waals surface area contributed by atoms with Crippen LogP contribution in [0, 0.1) is 5.82 Å². The molecule has 0 saturated carbocycles. The van der Waals surface area contributed by atoms with Crippen LogP contribution in [0.5, 0.6) is 0 Å². The summed E-state index contributed by atoms with van der Waals surface area (Å²) in [5.41, 5.74) is 0.955. The van der Waals surface area contributed by atoms with Gasteiger partial charge >= 0.3 is 0 Å². The number of aromatic nitrogens is 1. The van der Waals surface area contributed by atoms with E-state index in [0.29, 0.717) is 5.13 Å². The monoisotopic (exact) mass is 387 g/mol. The van der Waals surface area contributed by atoms with Crippen LogP contribution in [0.3, 0.4) is 0 Å². The topological polar surface area (TPSA) is 45.2 Å². The van der Waals surface area contributed by atoms with Gasteiger partial charge in [0, 0.05) is 11.9 Å². The van der Waals surface area contributed by atoms with Crippen LogP contribution in [0.2, 0.25) is 10.0 Å². The molecule has 2 aromatic rings. The van der Waals surface area contributed by atoms with Gasteiger partial charge in [-0.3, -0.25) is 15.0 Å². The molecule has 0 aliphatic carbocycles. The van der Waals surface area contributed by atoms with Crippen LogP contribution < -0.4 is 5.32 Å². The smallest absolute Gasteiger partial charge is 0.259 e. The second kappa shape index (κ2) is 7.78. The molecule has 2 heterocycles. The third-order valence-electron chi connectivity index (χ3n) is 3.86. The molecular weight excluding hydrogens is 372 g/mol. The van der Waals surface area contributed by atoms with E-state index in [2.05, 4.69) is 15.2 Å². The van der Waals surface area contributed by atoms with E-state index in [-0.39, 0.29) is 15.6 Å². The van der Waals surface area contributed by atoms with Gasteiger partial charge in [0.05, 0.1) is 21.3 Å². The van der Waals surface area contributed by atoms with Crippen molar-refractivity contribution in [1.82, 2.24) is 9.88 Å². The van der Waals surface area contributed by atoms with Crippen molar-refractivity contribution in [3.05, 3.63) is 44.6 Å². The summed E-state index contributed by atoms with van der Waals surface area (Å²) < 4.78 is 13.5. The molecule has 0 atom stereocenters. The Bertz CT molecular complexity index is 747. The third kappa shape index (κ3) is 4.25. The second-order valence-corrected chi connectivity index (χ2v) is 7.35. The van der Waals surface area contributed by atoms with Crippen molar-refractivity contribution in [2.75, 3.05) is 18.4 Å². The number of likely N-dealkylation sites (tertiary alicyclic amines) is 1. The molecule has 1 amide bonds. The van der Waals surface area contributed by atoms with Crippen molar-refractivity contribution in [3.63, 3.8) is 0 Å². The Kier molecular flexibility index (Phi) is 5.71. The summed E-state index contributed by atoms with van der Waals surface area (Å²) in [6.45, 7) is 2.94. The van der Waals surface area contributed by atoms with Crippen molar-refractivity contribution in [3.8, 4) is 0 Å². The van der Waals surface area contributed by atoms with Gasteiger partial charge in [-0.25, -0.2) is 9.37 Å². The lowest BCUT2D eigenvalue weighted by Gasteiger charge is -2.25.